The Labute approximate surface area is 108 Å². The Balaban J connectivity index is 2.87. The molecular formula is C14H18ClNO. The maximum absolute atomic E-state index is 10.4. The highest BCUT2D eigenvalue weighted by molar-refractivity contribution is 6.30. The molecule has 2 nitrogen and oxygen atoms in total. The fourth-order valence-corrected chi connectivity index (χ4v) is 1.98. The van der Waals surface area contributed by atoms with Crippen molar-refractivity contribution in [1.82, 2.24) is 0 Å². The van der Waals surface area contributed by atoms with Gasteiger partial charge in [0, 0.05) is 29.7 Å². The van der Waals surface area contributed by atoms with Crippen molar-refractivity contribution < 1.29 is 4.79 Å². The van der Waals surface area contributed by atoms with Gasteiger partial charge in [-0.25, -0.2) is 0 Å². The minimum absolute atomic E-state index is 0.309. The van der Waals surface area contributed by atoms with Crippen molar-refractivity contribution in [1.29, 1.82) is 0 Å². The van der Waals surface area contributed by atoms with Gasteiger partial charge in [0.15, 0.2) is 0 Å². The molecule has 0 aliphatic heterocycles. The van der Waals surface area contributed by atoms with Gasteiger partial charge in [0.25, 0.3) is 0 Å². The van der Waals surface area contributed by atoms with E-state index < -0.39 is 0 Å². The largest absolute Gasteiger partial charge is 0.388 e. The summed E-state index contributed by atoms with van der Waals surface area (Å²) in [4.78, 5) is 10.4. The van der Waals surface area contributed by atoms with Gasteiger partial charge in [-0.05, 0) is 36.1 Å². The highest BCUT2D eigenvalue weighted by Gasteiger charge is 2.10. The Bertz CT molecular complexity index is 415. The van der Waals surface area contributed by atoms with Crippen LogP contribution >= 0.6 is 11.6 Å². The summed E-state index contributed by atoms with van der Waals surface area (Å²) in [6, 6.07) is 5.69. The zero-order chi connectivity index (χ0) is 12.8. The molecule has 1 N–H and O–H groups in total. The first-order valence-corrected chi connectivity index (χ1v) is 6.05. The summed E-state index contributed by atoms with van der Waals surface area (Å²) in [6.07, 6.45) is 2.32. The second kappa shape index (κ2) is 6.45. The summed E-state index contributed by atoms with van der Waals surface area (Å²) in [6.45, 7) is 6.13. The molecule has 0 saturated carbocycles. The molecule has 0 aliphatic carbocycles. The third kappa shape index (κ3) is 3.90. The highest BCUT2D eigenvalue weighted by atomic mass is 35.5. The number of hydrogen-bond donors (Lipinski definition) is 1. The topological polar surface area (TPSA) is 29.1 Å². The van der Waals surface area contributed by atoms with Gasteiger partial charge in [-0.3, -0.25) is 0 Å². The maximum Gasteiger partial charge on any atom is 0.120 e. The standard InChI is InChI=1S/C14H18ClNO/c1-10(6-7-17)8-11(2)13-9-12(15)4-5-14(13)16-3/h4-5,7,9-10,16H,2,6,8H2,1,3H3. The lowest BCUT2D eigenvalue weighted by Gasteiger charge is -2.15. The van der Waals surface area contributed by atoms with Crippen LogP contribution in [0.3, 0.4) is 0 Å². The van der Waals surface area contributed by atoms with Gasteiger partial charge >= 0.3 is 0 Å². The van der Waals surface area contributed by atoms with Crippen molar-refractivity contribution in [2.24, 2.45) is 5.92 Å². The number of rotatable bonds is 6. The summed E-state index contributed by atoms with van der Waals surface area (Å²) in [5.74, 6) is 0.309. The first-order valence-electron chi connectivity index (χ1n) is 5.67. The van der Waals surface area contributed by atoms with Crippen molar-refractivity contribution in [3.63, 3.8) is 0 Å². The summed E-state index contributed by atoms with van der Waals surface area (Å²) in [5, 5.41) is 3.82. The lowest BCUT2D eigenvalue weighted by Crippen LogP contribution is -2.00. The van der Waals surface area contributed by atoms with Crippen LogP contribution < -0.4 is 5.32 Å². The minimum atomic E-state index is 0.309. The molecule has 3 heteroatoms. The number of allylic oxidation sites excluding steroid dienone is 1. The summed E-state index contributed by atoms with van der Waals surface area (Å²) < 4.78 is 0. The molecule has 1 aromatic rings. The normalized spacial score (nSPS) is 11.9. The number of carbonyl (C=O) groups excluding carboxylic acids is 1. The van der Waals surface area contributed by atoms with E-state index in [0.29, 0.717) is 17.4 Å². The smallest absolute Gasteiger partial charge is 0.120 e. The monoisotopic (exact) mass is 251 g/mol. The van der Waals surface area contributed by atoms with E-state index >= 15 is 0 Å². The number of nitrogens with one attached hydrogen (secondary N) is 1. The zero-order valence-corrected chi connectivity index (χ0v) is 11.1. The van der Waals surface area contributed by atoms with E-state index in [4.69, 9.17) is 11.6 Å². The second-order valence-electron chi connectivity index (χ2n) is 4.26. The van der Waals surface area contributed by atoms with Gasteiger partial charge in [-0.15, -0.1) is 0 Å². The average molecular weight is 252 g/mol. The van der Waals surface area contributed by atoms with Crippen molar-refractivity contribution in [3.8, 4) is 0 Å². The molecule has 0 aliphatic rings. The van der Waals surface area contributed by atoms with E-state index in [1.165, 1.54) is 0 Å². The van der Waals surface area contributed by atoms with Crippen LogP contribution in [0.1, 0.15) is 25.3 Å². The molecule has 0 spiro atoms. The van der Waals surface area contributed by atoms with Gasteiger partial charge in [-0.2, -0.15) is 0 Å². The summed E-state index contributed by atoms with van der Waals surface area (Å²) in [7, 11) is 1.87. The summed E-state index contributed by atoms with van der Waals surface area (Å²) >= 11 is 5.99. The first-order chi connectivity index (χ1) is 8.08. The molecular weight excluding hydrogens is 234 g/mol. The van der Waals surface area contributed by atoms with Gasteiger partial charge in [0.05, 0.1) is 0 Å². The third-order valence-electron chi connectivity index (χ3n) is 2.73. The van der Waals surface area contributed by atoms with Crippen LogP contribution in [0.2, 0.25) is 5.02 Å². The van der Waals surface area contributed by atoms with Crippen LogP contribution in [0.4, 0.5) is 5.69 Å². The number of halogens is 1. The van der Waals surface area contributed by atoms with E-state index in [9.17, 15) is 4.79 Å². The molecule has 1 aromatic carbocycles. The van der Waals surface area contributed by atoms with Crippen molar-refractivity contribution in [3.05, 3.63) is 35.4 Å². The van der Waals surface area contributed by atoms with Gasteiger partial charge < -0.3 is 10.1 Å². The zero-order valence-electron chi connectivity index (χ0n) is 10.3. The van der Waals surface area contributed by atoms with Gasteiger partial charge in [-0.1, -0.05) is 25.1 Å². The predicted octanol–water partition coefficient (Wildman–Crippen LogP) is 4.01. The minimum Gasteiger partial charge on any atom is -0.388 e. The Morgan fingerprint density at radius 3 is 2.88 bits per heavy atom. The van der Waals surface area contributed by atoms with Gasteiger partial charge in [0.2, 0.25) is 0 Å². The van der Waals surface area contributed by atoms with E-state index in [1.807, 2.05) is 32.2 Å². The molecule has 1 unspecified atom stereocenters. The third-order valence-corrected chi connectivity index (χ3v) is 2.96. The molecule has 0 fully saturated rings. The fraction of sp³-hybridized carbons (Fsp3) is 0.357. The molecule has 0 radical (unpaired) electrons. The molecule has 0 saturated heterocycles. The Morgan fingerprint density at radius 2 is 2.29 bits per heavy atom. The quantitative estimate of drug-likeness (QED) is 0.774. The van der Waals surface area contributed by atoms with E-state index in [0.717, 1.165) is 29.5 Å². The maximum atomic E-state index is 10.4. The molecule has 17 heavy (non-hydrogen) atoms. The molecule has 0 amide bonds. The fourth-order valence-electron chi connectivity index (χ4n) is 1.81. The second-order valence-corrected chi connectivity index (χ2v) is 4.69. The van der Waals surface area contributed by atoms with E-state index in [2.05, 4.69) is 11.9 Å². The van der Waals surface area contributed by atoms with Crippen LogP contribution in [0.15, 0.2) is 24.8 Å². The lowest BCUT2D eigenvalue weighted by molar-refractivity contribution is -0.108. The van der Waals surface area contributed by atoms with Crippen LogP contribution in [0, 0.1) is 5.92 Å². The Kier molecular flexibility index (Phi) is 5.23. The Morgan fingerprint density at radius 1 is 1.59 bits per heavy atom. The number of carbonyl (C=O) groups is 1. The Hall–Kier alpha value is -1.28. The number of anilines is 1. The van der Waals surface area contributed by atoms with Crippen LogP contribution in [0.5, 0.6) is 0 Å². The van der Waals surface area contributed by atoms with E-state index in [1.54, 1.807) is 0 Å². The van der Waals surface area contributed by atoms with Crippen LogP contribution in [-0.4, -0.2) is 13.3 Å². The van der Waals surface area contributed by atoms with Crippen molar-refractivity contribution in [2.75, 3.05) is 12.4 Å². The summed E-state index contributed by atoms with van der Waals surface area (Å²) in [5.41, 5.74) is 3.04. The van der Waals surface area contributed by atoms with Crippen LogP contribution in [-0.2, 0) is 4.79 Å². The van der Waals surface area contributed by atoms with E-state index in [-0.39, 0.29) is 0 Å². The van der Waals surface area contributed by atoms with Crippen molar-refractivity contribution in [2.45, 2.75) is 19.8 Å². The molecule has 1 rings (SSSR count). The molecule has 0 bridgehead atoms. The lowest BCUT2D eigenvalue weighted by atomic mass is 9.94. The number of hydrogen-bond acceptors (Lipinski definition) is 2. The first kappa shape index (κ1) is 13.8. The molecule has 1 atom stereocenters. The SMILES string of the molecule is C=C(CC(C)CC=O)c1cc(Cl)ccc1NC. The molecule has 0 heterocycles. The molecule has 0 aromatic heterocycles. The van der Waals surface area contributed by atoms with Crippen LogP contribution in [0.25, 0.3) is 5.57 Å². The van der Waals surface area contributed by atoms with Crippen molar-refractivity contribution >= 4 is 29.1 Å². The average Bonchev–Trinajstić information content (AvgIpc) is 2.29. The highest BCUT2D eigenvalue weighted by Crippen LogP contribution is 2.30. The predicted molar refractivity (Wildman–Crippen MR) is 74.5 cm³/mol. The number of aldehydes is 1. The van der Waals surface area contributed by atoms with Gasteiger partial charge in [0.1, 0.15) is 6.29 Å². The molecule has 92 valence electrons. The number of benzene rings is 1.